The molecule has 0 amide bonds. The molecule has 1 heterocycles. The lowest BCUT2D eigenvalue weighted by Gasteiger charge is -2.21. The molecule has 5 nitrogen and oxygen atoms in total. The van der Waals surface area contributed by atoms with Crippen LogP contribution in [-0.4, -0.2) is 23.1 Å². The third kappa shape index (κ3) is 3.13. The van der Waals surface area contributed by atoms with Crippen molar-refractivity contribution in [3.63, 3.8) is 0 Å². The van der Waals surface area contributed by atoms with Gasteiger partial charge in [-0.3, -0.25) is 0 Å². The number of nitrogen functional groups attached to an aromatic ring is 1. The summed E-state index contributed by atoms with van der Waals surface area (Å²) in [5.74, 6) is 0.980. The van der Waals surface area contributed by atoms with Crippen molar-refractivity contribution >= 4 is 23.0 Å². The minimum absolute atomic E-state index is 0.398. The molecular weight excluding hydrogens is 238 g/mol. The molecule has 0 saturated carbocycles. The zero-order valence-corrected chi connectivity index (χ0v) is 11.3. The molecule has 2 rings (SSSR count). The highest BCUT2D eigenvalue weighted by Crippen LogP contribution is 2.21. The normalized spacial score (nSPS) is 10.2. The average molecular weight is 257 g/mol. The van der Waals surface area contributed by atoms with E-state index < -0.39 is 0 Å². The minimum atomic E-state index is 0.398. The third-order valence-electron chi connectivity index (χ3n) is 2.99. The van der Waals surface area contributed by atoms with E-state index in [0.29, 0.717) is 11.6 Å². The Bertz CT molecular complexity index is 520. The summed E-state index contributed by atoms with van der Waals surface area (Å²) in [7, 11) is 0. The Balaban J connectivity index is 2.13. The van der Waals surface area contributed by atoms with Crippen LogP contribution < -0.4 is 16.0 Å². The van der Waals surface area contributed by atoms with Crippen molar-refractivity contribution in [3.05, 3.63) is 36.7 Å². The van der Waals surface area contributed by atoms with Gasteiger partial charge in [0.15, 0.2) is 11.6 Å². The van der Waals surface area contributed by atoms with Gasteiger partial charge in [0.1, 0.15) is 0 Å². The molecule has 0 aliphatic rings. The number of nitrogens with one attached hydrogen (secondary N) is 1. The van der Waals surface area contributed by atoms with Gasteiger partial charge in [-0.05, 0) is 38.1 Å². The van der Waals surface area contributed by atoms with Gasteiger partial charge in [-0.1, -0.05) is 0 Å². The summed E-state index contributed by atoms with van der Waals surface area (Å²) in [5, 5.41) is 3.16. The van der Waals surface area contributed by atoms with Crippen molar-refractivity contribution in [1.29, 1.82) is 0 Å². The quantitative estimate of drug-likeness (QED) is 0.862. The minimum Gasteiger partial charge on any atom is -0.381 e. The van der Waals surface area contributed by atoms with Gasteiger partial charge in [-0.25, -0.2) is 9.97 Å². The number of nitrogens with zero attached hydrogens (tertiary/aromatic N) is 3. The number of rotatable bonds is 5. The van der Waals surface area contributed by atoms with E-state index in [4.69, 9.17) is 5.73 Å². The van der Waals surface area contributed by atoms with E-state index in [9.17, 15) is 0 Å². The molecule has 1 aromatic heterocycles. The van der Waals surface area contributed by atoms with Crippen LogP contribution in [-0.2, 0) is 0 Å². The average Bonchev–Trinajstić information content (AvgIpc) is 2.44. The van der Waals surface area contributed by atoms with Crippen molar-refractivity contribution in [2.75, 3.05) is 29.0 Å². The maximum atomic E-state index is 5.75. The molecule has 0 aliphatic carbocycles. The molecule has 5 heteroatoms. The lowest BCUT2D eigenvalue weighted by molar-refractivity contribution is 0.866. The summed E-state index contributed by atoms with van der Waals surface area (Å²) in [4.78, 5) is 10.4. The fourth-order valence-corrected chi connectivity index (χ4v) is 1.93. The number of hydrogen-bond donors (Lipinski definition) is 2. The Hall–Kier alpha value is -2.30. The van der Waals surface area contributed by atoms with Gasteiger partial charge in [0.05, 0.1) is 0 Å². The maximum Gasteiger partial charge on any atom is 0.173 e. The van der Waals surface area contributed by atoms with Gasteiger partial charge in [0.2, 0.25) is 0 Å². The van der Waals surface area contributed by atoms with Crippen LogP contribution in [0.5, 0.6) is 0 Å². The number of aromatic nitrogens is 2. The van der Waals surface area contributed by atoms with Gasteiger partial charge in [-0.2, -0.15) is 0 Å². The number of benzene rings is 1. The molecule has 3 N–H and O–H groups in total. The lowest BCUT2D eigenvalue weighted by Crippen LogP contribution is -2.21. The highest BCUT2D eigenvalue weighted by molar-refractivity contribution is 5.66. The second kappa shape index (κ2) is 6.04. The van der Waals surface area contributed by atoms with Crippen LogP contribution in [0.4, 0.5) is 23.0 Å². The Morgan fingerprint density at radius 3 is 2.26 bits per heavy atom. The van der Waals surface area contributed by atoms with Crippen molar-refractivity contribution in [3.8, 4) is 0 Å². The number of nitrogens with two attached hydrogens (primary N) is 1. The molecular formula is C14H19N5. The van der Waals surface area contributed by atoms with Crippen LogP contribution in [0.1, 0.15) is 13.8 Å². The first-order valence-corrected chi connectivity index (χ1v) is 6.43. The molecule has 0 saturated heterocycles. The van der Waals surface area contributed by atoms with Crippen molar-refractivity contribution < 1.29 is 0 Å². The smallest absolute Gasteiger partial charge is 0.173 e. The molecule has 0 fully saturated rings. The first-order chi connectivity index (χ1) is 9.24. The van der Waals surface area contributed by atoms with E-state index in [1.54, 1.807) is 12.4 Å². The molecule has 0 spiro atoms. The van der Waals surface area contributed by atoms with Crippen LogP contribution in [0.3, 0.4) is 0 Å². The van der Waals surface area contributed by atoms with Crippen LogP contribution >= 0.6 is 0 Å². The van der Waals surface area contributed by atoms with Crippen LogP contribution in [0, 0.1) is 0 Å². The van der Waals surface area contributed by atoms with E-state index in [1.807, 2.05) is 12.1 Å². The van der Waals surface area contributed by atoms with Gasteiger partial charge in [0, 0.05) is 36.9 Å². The highest BCUT2D eigenvalue weighted by Gasteiger charge is 2.03. The summed E-state index contributed by atoms with van der Waals surface area (Å²) < 4.78 is 0. The van der Waals surface area contributed by atoms with E-state index in [0.717, 1.165) is 18.8 Å². The zero-order valence-electron chi connectivity index (χ0n) is 11.3. The Morgan fingerprint density at radius 2 is 1.68 bits per heavy atom. The van der Waals surface area contributed by atoms with Crippen molar-refractivity contribution in [1.82, 2.24) is 9.97 Å². The SMILES string of the molecule is CCN(CC)c1ccc(Nc2nccnc2N)cc1. The predicted molar refractivity (Wildman–Crippen MR) is 79.7 cm³/mol. The van der Waals surface area contributed by atoms with Gasteiger partial charge < -0.3 is 16.0 Å². The highest BCUT2D eigenvalue weighted by atomic mass is 15.1. The van der Waals surface area contributed by atoms with Gasteiger partial charge in [0.25, 0.3) is 0 Å². The molecule has 0 unspecified atom stereocenters. The van der Waals surface area contributed by atoms with Crippen molar-refractivity contribution in [2.45, 2.75) is 13.8 Å². The van der Waals surface area contributed by atoms with Gasteiger partial charge in [-0.15, -0.1) is 0 Å². The zero-order chi connectivity index (χ0) is 13.7. The van der Waals surface area contributed by atoms with Crippen LogP contribution in [0.25, 0.3) is 0 Å². The molecule has 1 aromatic carbocycles. The molecule has 0 atom stereocenters. The van der Waals surface area contributed by atoms with Gasteiger partial charge >= 0.3 is 0 Å². The Morgan fingerprint density at radius 1 is 1.05 bits per heavy atom. The Labute approximate surface area is 113 Å². The van der Waals surface area contributed by atoms with E-state index >= 15 is 0 Å². The first-order valence-electron chi connectivity index (χ1n) is 6.43. The molecule has 2 aromatic rings. The number of hydrogen-bond acceptors (Lipinski definition) is 5. The first kappa shape index (κ1) is 13.1. The summed E-state index contributed by atoms with van der Waals surface area (Å²) in [6, 6.07) is 8.20. The molecule has 0 bridgehead atoms. The summed E-state index contributed by atoms with van der Waals surface area (Å²) in [5.41, 5.74) is 7.90. The van der Waals surface area contributed by atoms with E-state index in [2.05, 4.69) is 46.2 Å². The summed E-state index contributed by atoms with van der Waals surface area (Å²) in [6.07, 6.45) is 3.19. The fourth-order valence-electron chi connectivity index (χ4n) is 1.93. The molecule has 19 heavy (non-hydrogen) atoms. The molecule has 0 radical (unpaired) electrons. The summed E-state index contributed by atoms with van der Waals surface area (Å²) >= 11 is 0. The third-order valence-corrected chi connectivity index (χ3v) is 2.99. The maximum absolute atomic E-state index is 5.75. The van der Waals surface area contributed by atoms with E-state index in [-0.39, 0.29) is 0 Å². The standard InChI is InChI=1S/C14H19N5/c1-3-19(4-2)12-7-5-11(6-8-12)18-14-13(15)16-9-10-17-14/h5-10H,3-4H2,1-2H3,(H2,15,16)(H,17,18). The molecule has 0 aliphatic heterocycles. The monoisotopic (exact) mass is 257 g/mol. The number of anilines is 4. The predicted octanol–water partition coefficient (Wildman–Crippen LogP) is 2.65. The second-order valence-corrected chi connectivity index (χ2v) is 4.13. The van der Waals surface area contributed by atoms with Crippen LogP contribution in [0.2, 0.25) is 0 Å². The topological polar surface area (TPSA) is 67.1 Å². The Kier molecular flexibility index (Phi) is 4.18. The van der Waals surface area contributed by atoms with Crippen LogP contribution in [0.15, 0.2) is 36.7 Å². The molecule has 100 valence electrons. The largest absolute Gasteiger partial charge is 0.381 e. The second-order valence-electron chi connectivity index (χ2n) is 4.13. The lowest BCUT2D eigenvalue weighted by atomic mass is 10.2. The van der Waals surface area contributed by atoms with E-state index in [1.165, 1.54) is 5.69 Å². The fraction of sp³-hybridized carbons (Fsp3) is 0.286. The summed E-state index contributed by atoms with van der Waals surface area (Å²) in [6.45, 7) is 6.30. The van der Waals surface area contributed by atoms with Crippen molar-refractivity contribution in [2.24, 2.45) is 0 Å².